The number of amides is 1. The molecule has 0 saturated heterocycles. The minimum Gasteiger partial charge on any atom is -0.493 e. The van der Waals surface area contributed by atoms with Gasteiger partial charge in [0.1, 0.15) is 9.84 Å². The van der Waals surface area contributed by atoms with E-state index < -0.39 is 15.9 Å². The Morgan fingerprint density at radius 3 is 2.62 bits per heavy atom. The molecule has 1 fully saturated rings. The van der Waals surface area contributed by atoms with Gasteiger partial charge >= 0.3 is 0 Å². The summed E-state index contributed by atoms with van der Waals surface area (Å²) in [4.78, 5) is 15.2. The SMILES string of the molecule is CCOc1cc(C(CS(C)(=O)=O)N2Cc3cccc(NCC4CC4)c3C2=O)ccc1OC. The normalized spacial score (nSPS) is 16.6. The van der Waals surface area contributed by atoms with Crippen LogP contribution < -0.4 is 14.8 Å². The number of carbonyl (C=O) groups excluding carboxylic acids is 1. The molecule has 0 aromatic heterocycles. The molecular weight excluding hydrogens is 428 g/mol. The largest absolute Gasteiger partial charge is 0.493 e. The lowest BCUT2D eigenvalue weighted by Crippen LogP contribution is -2.34. The molecule has 1 aliphatic carbocycles. The van der Waals surface area contributed by atoms with Crippen LogP contribution >= 0.6 is 0 Å². The van der Waals surface area contributed by atoms with Gasteiger partial charge in [0.2, 0.25) is 0 Å². The van der Waals surface area contributed by atoms with Crippen molar-refractivity contribution in [2.24, 2.45) is 5.92 Å². The second-order valence-corrected chi connectivity index (χ2v) is 10.7. The van der Waals surface area contributed by atoms with Crippen LogP contribution in [0.1, 0.15) is 47.3 Å². The van der Waals surface area contributed by atoms with Gasteiger partial charge in [-0.1, -0.05) is 18.2 Å². The molecule has 4 rings (SSSR count). The molecular formula is C24H30N2O5S. The van der Waals surface area contributed by atoms with Crippen molar-refractivity contribution in [3.8, 4) is 11.5 Å². The maximum Gasteiger partial charge on any atom is 0.257 e. The zero-order chi connectivity index (χ0) is 22.9. The molecule has 1 unspecified atom stereocenters. The number of benzene rings is 2. The molecule has 1 aliphatic heterocycles. The maximum absolute atomic E-state index is 13.5. The lowest BCUT2D eigenvalue weighted by Gasteiger charge is -2.28. The summed E-state index contributed by atoms with van der Waals surface area (Å²) in [5.41, 5.74) is 3.08. The smallest absolute Gasteiger partial charge is 0.257 e. The predicted octanol–water partition coefficient (Wildman–Crippen LogP) is 3.66. The Kier molecular flexibility index (Phi) is 6.33. The summed E-state index contributed by atoms with van der Waals surface area (Å²) < 4.78 is 35.7. The highest BCUT2D eigenvalue weighted by Crippen LogP contribution is 2.39. The Morgan fingerprint density at radius 1 is 1.19 bits per heavy atom. The summed E-state index contributed by atoms with van der Waals surface area (Å²) in [5.74, 6) is 1.45. The third kappa shape index (κ3) is 4.85. The number of anilines is 1. The first-order valence-corrected chi connectivity index (χ1v) is 13.0. The van der Waals surface area contributed by atoms with Gasteiger partial charge in [-0.15, -0.1) is 0 Å². The average molecular weight is 459 g/mol. The number of hydrogen-bond donors (Lipinski definition) is 1. The van der Waals surface area contributed by atoms with Gasteiger partial charge in [-0.05, 0) is 55.0 Å². The number of rotatable bonds is 10. The quantitative estimate of drug-likeness (QED) is 0.585. The van der Waals surface area contributed by atoms with E-state index in [-0.39, 0.29) is 11.7 Å². The fourth-order valence-corrected chi connectivity index (χ4v) is 5.13. The Hall–Kier alpha value is -2.74. The van der Waals surface area contributed by atoms with E-state index in [9.17, 15) is 13.2 Å². The summed E-state index contributed by atoms with van der Waals surface area (Å²) in [6.45, 7) is 3.54. The minimum atomic E-state index is -3.37. The van der Waals surface area contributed by atoms with Crippen LogP contribution in [-0.2, 0) is 16.4 Å². The van der Waals surface area contributed by atoms with Gasteiger partial charge in [-0.2, -0.15) is 0 Å². The first-order chi connectivity index (χ1) is 15.3. The summed E-state index contributed by atoms with van der Waals surface area (Å²) in [5, 5.41) is 3.42. The Balaban J connectivity index is 1.69. The number of fused-ring (bicyclic) bond motifs is 1. The fourth-order valence-electron chi connectivity index (χ4n) is 4.18. The summed E-state index contributed by atoms with van der Waals surface area (Å²) >= 11 is 0. The van der Waals surface area contributed by atoms with Gasteiger partial charge in [0, 0.05) is 25.0 Å². The monoisotopic (exact) mass is 458 g/mol. The predicted molar refractivity (Wildman–Crippen MR) is 124 cm³/mol. The summed E-state index contributed by atoms with van der Waals surface area (Å²) in [7, 11) is -1.81. The van der Waals surface area contributed by atoms with Crippen LogP contribution in [0.2, 0.25) is 0 Å². The molecule has 2 aliphatic rings. The standard InChI is InChI=1S/C24H30N2O5S/c1-4-31-22-12-17(10-11-21(22)30-2)20(15-32(3,28)29)26-14-18-6-5-7-19(23(18)24(26)27)25-13-16-8-9-16/h5-7,10-12,16,20,25H,4,8-9,13-15H2,1-3H3. The number of methoxy groups -OCH3 is 1. The average Bonchev–Trinajstić information content (AvgIpc) is 3.52. The van der Waals surface area contributed by atoms with E-state index >= 15 is 0 Å². The Bertz CT molecular complexity index is 1110. The first-order valence-electron chi connectivity index (χ1n) is 11.0. The van der Waals surface area contributed by atoms with Crippen molar-refractivity contribution in [1.29, 1.82) is 0 Å². The molecule has 7 nitrogen and oxygen atoms in total. The lowest BCUT2D eigenvalue weighted by molar-refractivity contribution is 0.0719. The molecule has 0 radical (unpaired) electrons. The molecule has 32 heavy (non-hydrogen) atoms. The van der Waals surface area contributed by atoms with E-state index in [0.29, 0.717) is 41.7 Å². The van der Waals surface area contributed by atoms with Gasteiger partial charge in [0.25, 0.3) is 5.91 Å². The van der Waals surface area contributed by atoms with Crippen LogP contribution in [0.5, 0.6) is 11.5 Å². The van der Waals surface area contributed by atoms with Gasteiger partial charge in [0.05, 0.1) is 31.1 Å². The highest BCUT2D eigenvalue weighted by atomic mass is 32.2. The fraction of sp³-hybridized carbons (Fsp3) is 0.458. The molecule has 1 amide bonds. The van der Waals surface area contributed by atoms with Crippen LogP contribution in [0.4, 0.5) is 5.69 Å². The van der Waals surface area contributed by atoms with Crippen molar-refractivity contribution in [3.63, 3.8) is 0 Å². The highest BCUT2D eigenvalue weighted by Gasteiger charge is 2.37. The van der Waals surface area contributed by atoms with E-state index in [1.807, 2.05) is 25.1 Å². The minimum absolute atomic E-state index is 0.152. The first kappa shape index (κ1) is 22.5. The number of nitrogens with one attached hydrogen (secondary N) is 1. The highest BCUT2D eigenvalue weighted by molar-refractivity contribution is 7.90. The number of carbonyl (C=O) groups is 1. The zero-order valence-electron chi connectivity index (χ0n) is 18.8. The molecule has 0 bridgehead atoms. The molecule has 1 atom stereocenters. The molecule has 1 heterocycles. The van der Waals surface area contributed by atoms with Crippen LogP contribution in [0, 0.1) is 5.92 Å². The molecule has 172 valence electrons. The molecule has 2 aromatic rings. The molecule has 8 heteroatoms. The maximum atomic E-state index is 13.5. The van der Waals surface area contributed by atoms with Crippen LogP contribution in [0.25, 0.3) is 0 Å². The van der Waals surface area contributed by atoms with Crippen molar-refractivity contribution < 1.29 is 22.7 Å². The Morgan fingerprint density at radius 2 is 1.97 bits per heavy atom. The van der Waals surface area contributed by atoms with Crippen molar-refractivity contribution in [3.05, 3.63) is 53.1 Å². The van der Waals surface area contributed by atoms with Crippen molar-refractivity contribution in [2.45, 2.75) is 32.4 Å². The van der Waals surface area contributed by atoms with E-state index in [1.165, 1.54) is 19.1 Å². The number of sulfone groups is 1. The second kappa shape index (κ2) is 9.02. The molecule has 1 N–H and O–H groups in total. The van der Waals surface area contributed by atoms with E-state index in [0.717, 1.165) is 17.8 Å². The topological polar surface area (TPSA) is 84.9 Å². The van der Waals surface area contributed by atoms with E-state index in [2.05, 4.69) is 5.32 Å². The van der Waals surface area contributed by atoms with Crippen molar-refractivity contribution in [2.75, 3.05) is 37.6 Å². The van der Waals surface area contributed by atoms with Gasteiger partial charge in [-0.25, -0.2) is 8.42 Å². The van der Waals surface area contributed by atoms with Crippen molar-refractivity contribution in [1.82, 2.24) is 4.90 Å². The van der Waals surface area contributed by atoms with E-state index in [1.54, 1.807) is 30.2 Å². The molecule has 0 spiro atoms. The lowest BCUT2D eigenvalue weighted by atomic mass is 10.1. The number of hydrogen-bond acceptors (Lipinski definition) is 6. The molecule has 1 saturated carbocycles. The van der Waals surface area contributed by atoms with Crippen molar-refractivity contribution >= 4 is 21.4 Å². The third-order valence-corrected chi connectivity index (χ3v) is 6.87. The third-order valence-electron chi connectivity index (χ3n) is 5.95. The number of ether oxygens (including phenoxy) is 2. The summed E-state index contributed by atoms with van der Waals surface area (Å²) in [6.07, 6.45) is 3.64. The summed E-state index contributed by atoms with van der Waals surface area (Å²) in [6, 6.07) is 10.5. The number of nitrogens with zero attached hydrogens (tertiary/aromatic N) is 1. The second-order valence-electron chi connectivity index (χ2n) is 8.55. The van der Waals surface area contributed by atoms with Gasteiger partial charge in [0.15, 0.2) is 11.5 Å². The van der Waals surface area contributed by atoms with Crippen LogP contribution in [0.3, 0.4) is 0 Å². The Labute approximate surface area is 189 Å². The van der Waals surface area contributed by atoms with E-state index in [4.69, 9.17) is 9.47 Å². The van der Waals surface area contributed by atoms with Gasteiger partial charge < -0.3 is 19.7 Å². The molecule has 2 aromatic carbocycles. The van der Waals surface area contributed by atoms with Crippen LogP contribution in [-0.4, -0.2) is 51.5 Å². The zero-order valence-corrected chi connectivity index (χ0v) is 19.6. The van der Waals surface area contributed by atoms with Gasteiger partial charge in [-0.3, -0.25) is 4.79 Å². The van der Waals surface area contributed by atoms with Crippen LogP contribution in [0.15, 0.2) is 36.4 Å².